The van der Waals surface area contributed by atoms with Gasteiger partial charge in [0.1, 0.15) is 5.56 Å². The normalized spacial score (nSPS) is 17.4. The zero-order valence-electron chi connectivity index (χ0n) is 12.1. The van der Waals surface area contributed by atoms with E-state index in [0.717, 1.165) is 39.1 Å². The maximum absolute atomic E-state index is 11.2. The van der Waals surface area contributed by atoms with Crippen LogP contribution in [0.15, 0.2) is 18.3 Å². The van der Waals surface area contributed by atoms with Crippen LogP contribution in [0, 0.1) is 0 Å². The lowest BCUT2D eigenvalue weighted by molar-refractivity contribution is 0.0698. The summed E-state index contributed by atoms with van der Waals surface area (Å²) in [5, 5.41) is 13.5. The van der Waals surface area contributed by atoms with Gasteiger partial charge in [-0.05, 0) is 19.2 Å². The standard InChI is InChI=1S/C14H19N5O2/c1-17-7-9-18(10-8-17)6-4-12-15-13-11(14(20)21)3-2-5-19(13)16-12/h2-3,5H,4,6-10H2,1H3,(H,20,21). The molecule has 7 nitrogen and oxygen atoms in total. The minimum Gasteiger partial charge on any atom is -0.478 e. The van der Waals surface area contributed by atoms with Crippen molar-refractivity contribution in [3.63, 3.8) is 0 Å². The molecule has 3 rings (SSSR count). The van der Waals surface area contributed by atoms with E-state index in [1.165, 1.54) is 0 Å². The van der Waals surface area contributed by atoms with Gasteiger partial charge in [-0.25, -0.2) is 14.3 Å². The number of piperazine rings is 1. The molecule has 0 amide bonds. The second-order valence-electron chi connectivity index (χ2n) is 5.42. The Labute approximate surface area is 122 Å². The Balaban J connectivity index is 1.70. The Bertz CT molecular complexity index is 646. The van der Waals surface area contributed by atoms with Gasteiger partial charge >= 0.3 is 5.97 Å². The van der Waals surface area contributed by atoms with Crippen LogP contribution >= 0.6 is 0 Å². The van der Waals surface area contributed by atoms with E-state index in [-0.39, 0.29) is 5.56 Å². The largest absolute Gasteiger partial charge is 0.478 e. The third kappa shape index (κ3) is 3.03. The number of fused-ring (bicyclic) bond motifs is 1. The van der Waals surface area contributed by atoms with E-state index in [2.05, 4.69) is 26.9 Å². The molecule has 1 fully saturated rings. The highest BCUT2D eigenvalue weighted by Crippen LogP contribution is 2.10. The Morgan fingerprint density at radius 1 is 1.33 bits per heavy atom. The number of hydrogen-bond donors (Lipinski definition) is 1. The lowest BCUT2D eigenvalue weighted by atomic mass is 10.3. The van der Waals surface area contributed by atoms with Gasteiger partial charge in [0, 0.05) is 45.3 Å². The number of carboxylic acids is 1. The number of likely N-dealkylation sites (N-methyl/N-ethyl adjacent to an activating group) is 1. The summed E-state index contributed by atoms with van der Waals surface area (Å²) in [4.78, 5) is 20.2. The molecule has 0 aliphatic carbocycles. The Morgan fingerprint density at radius 2 is 2.10 bits per heavy atom. The van der Waals surface area contributed by atoms with E-state index in [0.29, 0.717) is 11.5 Å². The van der Waals surface area contributed by atoms with Gasteiger partial charge in [0.15, 0.2) is 11.5 Å². The first-order valence-electron chi connectivity index (χ1n) is 7.12. The average Bonchev–Trinajstić information content (AvgIpc) is 2.89. The smallest absolute Gasteiger partial charge is 0.339 e. The summed E-state index contributed by atoms with van der Waals surface area (Å²) < 4.78 is 1.54. The van der Waals surface area contributed by atoms with E-state index < -0.39 is 5.97 Å². The molecule has 2 aromatic heterocycles. The molecule has 0 saturated carbocycles. The van der Waals surface area contributed by atoms with Gasteiger partial charge in [-0.15, -0.1) is 0 Å². The third-order valence-corrected chi connectivity index (χ3v) is 3.88. The Kier molecular flexibility index (Phi) is 3.85. The van der Waals surface area contributed by atoms with Crippen LogP contribution in [0.1, 0.15) is 16.2 Å². The van der Waals surface area contributed by atoms with Gasteiger partial charge in [-0.3, -0.25) is 0 Å². The van der Waals surface area contributed by atoms with Crippen LogP contribution in [-0.2, 0) is 6.42 Å². The first-order chi connectivity index (χ1) is 10.1. The molecule has 0 radical (unpaired) electrons. The van der Waals surface area contributed by atoms with Crippen molar-refractivity contribution in [1.82, 2.24) is 24.4 Å². The molecule has 21 heavy (non-hydrogen) atoms. The summed E-state index contributed by atoms with van der Waals surface area (Å²) in [6.45, 7) is 5.20. The van der Waals surface area contributed by atoms with Crippen LogP contribution < -0.4 is 0 Å². The maximum atomic E-state index is 11.2. The molecule has 0 atom stereocenters. The van der Waals surface area contributed by atoms with Crippen LogP contribution in [0.5, 0.6) is 0 Å². The number of carboxylic acid groups (broad SMARTS) is 1. The lowest BCUT2D eigenvalue weighted by Gasteiger charge is -2.31. The van der Waals surface area contributed by atoms with Gasteiger partial charge in [-0.1, -0.05) is 0 Å². The fraction of sp³-hybridized carbons (Fsp3) is 0.500. The lowest BCUT2D eigenvalue weighted by Crippen LogP contribution is -2.45. The molecule has 112 valence electrons. The highest BCUT2D eigenvalue weighted by Gasteiger charge is 2.16. The van der Waals surface area contributed by atoms with Gasteiger partial charge in [-0.2, -0.15) is 5.10 Å². The monoisotopic (exact) mass is 289 g/mol. The zero-order chi connectivity index (χ0) is 14.8. The maximum Gasteiger partial charge on any atom is 0.339 e. The molecular weight excluding hydrogens is 270 g/mol. The van der Waals surface area contributed by atoms with Gasteiger partial charge < -0.3 is 14.9 Å². The fourth-order valence-corrected chi connectivity index (χ4v) is 2.55. The Morgan fingerprint density at radius 3 is 2.81 bits per heavy atom. The first-order valence-corrected chi connectivity index (χ1v) is 7.12. The van der Waals surface area contributed by atoms with Crippen molar-refractivity contribution in [1.29, 1.82) is 0 Å². The SMILES string of the molecule is CN1CCN(CCc2nc3c(C(=O)O)cccn3n2)CC1. The molecule has 7 heteroatoms. The van der Waals surface area contributed by atoms with E-state index in [9.17, 15) is 4.79 Å². The molecule has 1 N–H and O–H groups in total. The number of nitrogens with zero attached hydrogens (tertiary/aromatic N) is 5. The molecule has 1 aliphatic heterocycles. The van der Waals surface area contributed by atoms with Crippen LogP contribution in [0.25, 0.3) is 5.65 Å². The quantitative estimate of drug-likeness (QED) is 0.868. The van der Waals surface area contributed by atoms with E-state index >= 15 is 0 Å². The molecule has 2 aromatic rings. The molecule has 0 aromatic carbocycles. The molecule has 0 unspecified atom stereocenters. The van der Waals surface area contributed by atoms with Crippen molar-refractivity contribution >= 4 is 11.6 Å². The van der Waals surface area contributed by atoms with Crippen molar-refractivity contribution < 1.29 is 9.90 Å². The van der Waals surface area contributed by atoms with Crippen molar-refractivity contribution in [2.45, 2.75) is 6.42 Å². The van der Waals surface area contributed by atoms with E-state index in [1.54, 1.807) is 22.8 Å². The van der Waals surface area contributed by atoms with Crippen molar-refractivity contribution in [2.75, 3.05) is 39.8 Å². The number of hydrogen-bond acceptors (Lipinski definition) is 5. The van der Waals surface area contributed by atoms with Gasteiger partial charge in [0.25, 0.3) is 0 Å². The first kappa shape index (κ1) is 14.0. The van der Waals surface area contributed by atoms with Crippen molar-refractivity contribution in [3.05, 3.63) is 29.7 Å². The summed E-state index contributed by atoms with van der Waals surface area (Å²) in [6, 6.07) is 3.23. The van der Waals surface area contributed by atoms with Gasteiger partial charge in [0.05, 0.1) is 0 Å². The summed E-state index contributed by atoms with van der Waals surface area (Å²) >= 11 is 0. The third-order valence-electron chi connectivity index (χ3n) is 3.88. The molecule has 3 heterocycles. The van der Waals surface area contributed by atoms with Gasteiger partial charge in [0.2, 0.25) is 0 Å². The highest BCUT2D eigenvalue weighted by atomic mass is 16.4. The molecule has 1 saturated heterocycles. The fourth-order valence-electron chi connectivity index (χ4n) is 2.55. The number of carbonyl (C=O) groups is 1. The highest BCUT2D eigenvalue weighted by molar-refractivity contribution is 5.94. The summed E-state index contributed by atoms with van der Waals surface area (Å²) in [5.41, 5.74) is 0.606. The number of rotatable bonds is 4. The topological polar surface area (TPSA) is 74.0 Å². The molecule has 1 aliphatic rings. The molecule has 0 bridgehead atoms. The summed E-state index contributed by atoms with van der Waals surface area (Å²) in [6.07, 6.45) is 2.47. The molecular formula is C14H19N5O2. The van der Waals surface area contributed by atoms with E-state index in [1.807, 2.05) is 0 Å². The van der Waals surface area contributed by atoms with E-state index in [4.69, 9.17) is 5.11 Å². The average molecular weight is 289 g/mol. The van der Waals surface area contributed by atoms with Crippen LogP contribution in [0.4, 0.5) is 0 Å². The Hall–Kier alpha value is -1.99. The van der Waals surface area contributed by atoms with Crippen LogP contribution in [-0.4, -0.2) is 75.2 Å². The summed E-state index contributed by atoms with van der Waals surface area (Å²) in [7, 11) is 2.13. The minimum atomic E-state index is -0.974. The van der Waals surface area contributed by atoms with Crippen molar-refractivity contribution in [2.24, 2.45) is 0 Å². The van der Waals surface area contributed by atoms with Crippen LogP contribution in [0.2, 0.25) is 0 Å². The predicted molar refractivity (Wildman–Crippen MR) is 77.6 cm³/mol. The second kappa shape index (κ2) is 5.79. The number of aromatic carboxylic acids is 1. The van der Waals surface area contributed by atoms with Crippen LogP contribution in [0.3, 0.4) is 0 Å². The zero-order valence-corrected chi connectivity index (χ0v) is 12.1. The number of aromatic nitrogens is 3. The molecule has 0 spiro atoms. The second-order valence-corrected chi connectivity index (χ2v) is 5.42. The number of pyridine rings is 1. The van der Waals surface area contributed by atoms with Crippen molar-refractivity contribution in [3.8, 4) is 0 Å². The summed E-state index contributed by atoms with van der Waals surface area (Å²) in [5.74, 6) is -0.277. The predicted octanol–water partition coefficient (Wildman–Crippen LogP) is 0.217. The minimum absolute atomic E-state index is 0.191.